The van der Waals surface area contributed by atoms with Gasteiger partial charge in [0, 0.05) is 31.7 Å². The smallest absolute Gasteiger partial charge is 0.260 e. The molecule has 2 amide bonds. The van der Waals surface area contributed by atoms with Crippen LogP contribution in [0.15, 0.2) is 48.8 Å². The third kappa shape index (κ3) is 2.57. The Bertz CT molecular complexity index is 1240. The van der Waals surface area contributed by atoms with Gasteiger partial charge in [0.25, 0.3) is 5.91 Å². The standard InChI is InChI=1S/C23H20F2N4O2/c1-13-7-8-15(24)17(18(13)25)21(30)29-11-9-23(19(29)20-26-10-12-28(20)2)14-5-3-4-6-16(14)27-22(23)31/h3-8,10,12,19H,9,11H2,1-2H3,(H,27,31). The number of nitrogens with zero attached hydrogens (tertiary/aromatic N) is 3. The SMILES string of the molecule is Cc1ccc(F)c(C(=O)N2CCC3(C(=O)Nc4ccccc43)C2c2nccn2C)c1F. The molecule has 0 bridgehead atoms. The molecule has 6 nitrogen and oxygen atoms in total. The molecule has 2 aliphatic heterocycles. The number of carbonyl (C=O) groups is 2. The van der Waals surface area contributed by atoms with Crippen LogP contribution in [0.3, 0.4) is 0 Å². The van der Waals surface area contributed by atoms with E-state index in [2.05, 4.69) is 10.3 Å². The fourth-order valence-corrected chi connectivity index (χ4v) is 4.90. The molecule has 0 saturated carbocycles. The number of hydrogen-bond acceptors (Lipinski definition) is 3. The van der Waals surface area contributed by atoms with Crippen molar-refractivity contribution in [2.45, 2.75) is 24.8 Å². The Kier molecular flexibility index (Phi) is 4.22. The van der Waals surface area contributed by atoms with Gasteiger partial charge in [0.1, 0.15) is 34.5 Å². The van der Waals surface area contributed by atoms with Crippen molar-refractivity contribution in [2.24, 2.45) is 7.05 Å². The van der Waals surface area contributed by atoms with E-state index >= 15 is 0 Å². The van der Waals surface area contributed by atoms with E-state index in [0.717, 1.165) is 11.6 Å². The molecule has 2 atom stereocenters. The molecule has 8 heteroatoms. The summed E-state index contributed by atoms with van der Waals surface area (Å²) in [4.78, 5) is 32.6. The molecule has 1 N–H and O–H groups in total. The Hall–Kier alpha value is -3.55. The van der Waals surface area contributed by atoms with Gasteiger partial charge in [-0.2, -0.15) is 0 Å². The third-order valence-corrected chi connectivity index (χ3v) is 6.45. The van der Waals surface area contributed by atoms with Crippen LogP contribution < -0.4 is 5.32 Å². The molecular weight excluding hydrogens is 402 g/mol. The van der Waals surface area contributed by atoms with Crippen molar-refractivity contribution in [1.82, 2.24) is 14.5 Å². The summed E-state index contributed by atoms with van der Waals surface area (Å²) in [6.45, 7) is 1.64. The average Bonchev–Trinajstić information content (AvgIpc) is 3.42. The molecule has 0 aliphatic carbocycles. The number of benzene rings is 2. The number of likely N-dealkylation sites (tertiary alicyclic amines) is 1. The van der Waals surface area contributed by atoms with Gasteiger partial charge in [0.2, 0.25) is 5.91 Å². The van der Waals surface area contributed by atoms with E-state index in [-0.39, 0.29) is 18.0 Å². The maximum absolute atomic E-state index is 14.8. The summed E-state index contributed by atoms with van der Waals surface area (Å²) < 4.78 is 31.1. The molecule has 158 valence electrons. The van der Waals surface area contributed by atoms with Crippen LogP contribution in [0.1, 0.15) is 39.8 Å². The maximum Gasteiger partial charge on any atom is 0.260 e. The molecule has 5 rings (SSSR count). The lowest BCUT2D eigenvalue weighted by atomic mass is 9.74. The number of amides is 2. The molecule has 3 heterocycles. The lowest BCUT2D eigenvalue weighted by Gasteiger charge is -2.33. The summed E-state index contributed by atoms with van der Waals surface area (Å²) in [7, 11) is 1.77. The molecule has 0 radical (unpaired) electrons. The van der Waals surface area contributed by atoms with Gasteiger partial charge in [-0.15, -0.1) is 0 Å². The first-order chi connectivity index (χ1) is 14.9. The van der Waals surface area contributed by atoms with Gasteiger partial charge < -0.3 is 14.8 Å². The molecule has 31 heavy (non-hydrogen) atoms. The molecule has 3 aromatic rings. The van der Waals surface area contributed by atoms with Crippen LogP contribution in [0, 0.1) is 18.6 Å². The van der Waals surface area contributed by atoms with Crippen LogP contribution in [0.5, 0.6) is 0 Å². The summed E-state index contributed by atoms with van der Waals surface area (Å²) in [5.41, 5.74) is -0.0937. The lowest BCUT2D eigenvalue weighted by molar-refractivity contribution is -0.121. The number of nitrogens with one attached hydrogen (secondary N) is 1. The summed E-state index contributed by atoms with van der Waals surface area (Å²) in [5, 5.41) is 2.91. The number of anilines is 1. The number of aryl methyl sites for hydroxylation is 2. The molecule has 2 unspecified atom stereocenters. The van der Waals surface area contributed by atoms with Crippen molar-refractivity contribution in [3.8, 4) is 0 Å². The molecule has 1 saturated heterocycles. The molecule has 2 aromatic carbocycles. The number of aromatic nitrogens is 2. The van der Waals surface area contributed by atoms with Crippen molar-refractivity contribution < 1.29 is 18.4 Å². The molecule has 1 aromatic heterocycles. The van der Waals surface area contributed by atoms with Crippen molar-refractivity contribution in [3.05, 3.63) is 82.9 Å². The predicted octanol–water partition coefficient (Wildman–Crippen LogP) is 3.48. The summed E-state index contributed by atoms with van der Waals surface area (Å²) >= 11 is 0. The summed E-state index contributed by atoms with van der Waals surface area (Å²) in [6.07, 6.45) is 3.61. The number of para-hydroxylation sites is 1. The van der Waals surface area contributed by atoms with Crippen LogP contribution in [-0.4, -0.2) is 32.8 Å². The predicted molar refractivity (Wildman–Crippen MR) is 109 cm³/mol. The van der Waals surface area contributed by atoms with E-state index in [1.165, 1.54) is 17.9 Å². The largest absolute Gasteiger partial charge is 0.336 e. The van der Waals surface area contributed by atoms with E-state index in [9.17, 15) is 18.4 Å². The first kappa shape index (κ1) is 19.4. The fraction of sp³-hybridized carbons (Fsp3) is 0.261. The zero-order valence-electron chi connectivity index (χ0n) is 17.0. The lowest BCUT2D eigenvalue weighted by Crippen LogP contribution is -2.44. The van der Waals surface area contributed by atoms with Gasteiger partial charge in [-0.05, 0) is 36.6 Å². The summed E-state index contributed by atoms with van der Waals surface area (Å²) in [5.74, 6) is -2.38. The maximum atomic E-state index is 14.8. The van der Waals surface area contributed by atoms with E-state index in [0.29, 0.717) is 17.9 Å². The highest BCUT2D eigenvalue weighted by Crippen LogP contribution is 2.54. The van der Waals surface area contributed by atoms with Gasteiger partial charge in [-0.1, -0.05) is 24.3 Å². The van der Waals surface area contributed by atoms with E-state index < -0.39 is 34.6 Å². The number of rotatable bonds is 2. The minimum absolute atomic E-state index is 0.158. The zero-order valence-corrected chi connectivity index (χ0v) is 17.0. The Morgan fingerprint density at radius 3 is 2.74 bits per heavy atom. The van der Waals surface area contributed by atoms with Crippen LogP contribution in [-0.2, 0) is 17.3 Å². The topological polar surface area (TPSA) is 67.2 Å². The van der Waals surface area contributed by atoms with Crippen LogP contribution in [0.4, 0.5) is 14.5 Å². The number of halogens is 2. The minimum atomic E-state index is -1.10. The highest BCUT2D eigenvalue weighted by atomic mass is 19.1. The molecule has 1 spiro atoms. The Balaban J connectivity index is 1.71. The Morgan fingerprint density at radius 1 is 1.23 bits per heavy atom. The first-order valence-corrected chi connectivity index (χ1v) is 10.00. The quantitative estimate of drug-likeness (QED) is 0.688. The molecule has 2 aliphatic rings. The number of carbonyl (C=O) groups excluding carboxylic acids is 2. The average molecular weight is 422 g/mol. The van der Waals surface area contributed by atoms with E-state index in [1.807, 2.05) is 24.3 Å². The first-order valence-electron chi connectivity index (χ1n) is 10.00. The van der Waals surface area contributed by atoms with Crippen molar-refractivity contribution >= 4 is 17.5 Å². The van der Waals surface area contributed by atoms with Crippen molar-refractivity contribution in [1.29, 1.82) is 0 Å². The number of imidazole rings is 1. The van der Waals surface area contributed by atoms with Crippen LogP contribution in [0.25, 0.3) is 0 Å². The van der Waals surface area contributed by atoms with Crippen molar-refractivity contribution in [2.75, 3.05) is 11.9 Å². The van der Waals surface area contributed by atoms with Gasteiger partial charge in [-0.25, -0.2) is 13.8 Å². The van der Waals surface area contributed by atoms with Gasteiger partial charge >= 0.3 is 0 Å². The normalized spacial score (nSPS) is 22.1. The summed E-state index contributed by atoms with van der Waals surface area (Å²) in [6, 6.07) is 8.88. The monoisotopic (exact) mass is 422 g/mol. The Labute approximate surface area is 177 Å². The minimum Gasteiger partial charge on any atom is -0.336 e. The van der Waals surface area contributed by atoms with Gasteiger partial charge in [0.05, 0.1) is 0 Å². The fourth-order valence-electron chi connectivity index (χ4n) is 4.90. The van der Waals surface area contributed by atoms with Gasteiger partial charge in [-0.3, -0.25) is 9.59 Å². The highest BCUT2D eigenvalue weighted by molar-refractivity contribution is 6.08. The number of fused-ring (bicyclic) bond motifs is 2. The van der Waals surface area contributed by atoms with Crippen molar-refractivity contribution in [3.63, 3.8) is 0 Å². The van der Waals surface area contributed by atoms with E-state index in [1.54, 1.807) is 24.0 Å². The highest BCUT2D eigenvalue weighted by Gasteiger charge is 2.60. The second-order valence-corrected chi connectivity index (χ2v) is 8.07. The van der Waals surface area contributed by atoms with E-state index in [4.69, 9.17) is 0 Å². The molecule has 1 fully saturated rings. The zero-order chi connectivity index (χ0) is 21.9. The second kappa shape index (κ2) is 6.73. The molecular formula is C23H20F2N4O2. The van der Waals surface area contributed by atoms with Gasteiger partial charge in [0.15, 0.2) is 0 Å². The van der Waals surface area contributed by atoms with Crippen LogP contribution in [0.2, 0.25) is 0 Å². The Morgan fingerprint density at radius 2 is 2.00 bits per heavy atom. The third-order valence-electron chi connectivity index (χ3n) is 6.45. The van der Waals surface area contributed by atoms with Crippen LogP contribution >= 0.6 is 0 Å². The number of hydrogen-bond donors (Lipinski definition) is 1. The second-order valence-electron chi connectivity index (χ2n) is 8.07.